The first-order valence-electron chi connectivity index (χ1n) is 5.59. The smallest absolute Gasteiger partial charge is 0.326 e. The number of carboxylic acid groups (broad SMARTS) is 1. The highest BCUT2D eigenvalue weighted by atomic mass is 16.4. The second-order valence-electron chi connectivity index (χ2n) is 4.32. The summed E-state index contributed by atoms with van der Waals surface area (Å²) >= 11 is 0. The molecule has 0 bridgehead atoms. The summed E-state index contributed by atoms with van der Waals surface area (Å²) < 4.78 is 0. The molecule has 0 aromatic heterocycles. The van der Waals surface area contributed by atoms with Gasteiger partial charge in [-0.2, -0.15) is 0 Å². The molecule has 0 aromatic rings. The van der Waals surface area contributed by atoms with E-state index in [-0.39, 0.29) is 5.91 Å². The van der Waals surface area contributed by atoms with Crippen molar-refractivity contribution < 1.29 is 14.7 Å². The summed E-state index contributed by atoms with van der Waals surface area (Å²) in [5.74, 6) is -0.530. The second-order valence-corrected chi connectivity index (χ2v) is 4.32. The minimum Gasteiger partial charge on any atom is -0.480 e. The first-order valence-corrected chi connectivity index (χ1v) is 5.59. The molecule has 0 spiro atoms. The van der Waals surface area contributed by atoms with E-state index in [0.29, 0.717) is 12.3 Å². The van der Waals surface area contributed by atoms with E-state index in [1.165, 1.54) is 32.6 Å². The van der Waals surface area contributed by atoms with Crippen LogP contribution in [0.1, 0.15) is 45.4 Å². The Morgan fingerprint density at radius 3 is 2.47 bits per heavy atom. The lowest BCUT2D eigenvalue weighted by atomic mass is 9.98. The Hall–Kier alpha value is -1.06. The monoisotopic (exact) mass is 213 g/mol. The predicted molar refractivity (Wildman–Crippen MR) is 56.4 cm³/mol. The maximum absolute atomic E-state index is 10.8. The summed E-state index contributed by atoms with van der Waals surface area (Å²) in [6, 6.07) is -0.705. The second kappa shape index (κ2) is 5.73. The zero-order chi connectivity index (χ0) is 11.3. The van der Waals surface area contributed by atoms with Crippen LogP contribution in [-0.4, -0.2) is 23.0 Å². The molecule has 1 saturated carbocycles. The van der Waals surface area contributed by atoms with Gasteiger partial charge in [0.25, 0.3) is 0 Å². The highest BCUT2D eigenvalue weighted by molar-refractivity contribution is 5.81. The van der Waals surface area contributed by atoms with Gasteiger partial charge in [-0.3, -0.25) is 4.79 Å². The number of nitrogens with one attached hydrogen (secondary N) is 1. The predicted octanol–water partition coefficient (Wildman–Crippen LogP) is 1.55. The van der Waals surface area contributed by atoms with Crippen LogP contribution < -0.4 is 5.32 Å². The summed E-state index contributed by atoms with van der Waals surface area (Å²) in [6.07, 6.45) is 6.43. The normalized spacial score (nSPS) is 18.7. The molecule has 1 atom stereocenters. The van der Waals surface area contributed by atoms with Gasteiger partial charge in [-0.05, 0) is 18.8 Å². The van der Waals surface area contributed by atoms with Crippen molar-refractivity contribution in [1.29, 1.82) is 0 Å². The number of hydrogen-bond acceptors (Lipinski definition) is 2. The molecule has 0 aromatic carbocycles. The van der Waals surface area contributed by atoms with Crippen molar-refractivity contribution in [3.8, 4) is 0 Å². The van der Waals surface area contributed by atoms with Gasteiger partial charge in [0.2, 0.25) is 5.91 Å². The molecule has 4 nitrogen and oxygen atoms in total. The van der Waals surface area contributed by atoms with Crippen LogP contribution in [0.5, 0.6) is 0 Å². The maximum Gasteiger partial charge on any atom is 0.326 e. The molecule has 15 heavy (non-hydrogen) atoms. The number of carboxylic acids is 1. The van der Waals surface area contributed by atoms with Gasteiger partial charge in [0.1, 0.15) is 6.04 Å². The fourth-order valence-corrected chi connectivity index (χ4v) is 2.20. The summed E-state index contributed by atoms with van der Waals surface area (Å²) in [7, 11) is 0. The Kier molecular flexibility index (Phi) is 4.59. The lowest BCUT2D eigenvalue weighted by molar-refractivity contribution is -0.141. The molecule has 0 radical (unpaired) electrons. The Morgan fingerprint density at radius 1 is 1.40 bits per heavy atom. The van der Waals surface area contributed by atoms with Gasteiger partial charge < -0.3 is 10.4 Å². The third kappa shape index (κ3) is 4.32. The van der Waals surface area contributed by atoms with E-state index in [4.69, 9.17) is 5.11 Å². The number of amides is 1. The van der Waals surface area contributed by atoms with Crippen molar-refractivity contribution in [2.75, 3.05) is 0 Å². The number of aliphatic carboxylic acids is 1. The molecule has 0 saturated heterocycles. The third-order valence-corrected chi connectivity index (χ3v) is 3.01. The van der Waals surface area contributed by atoms with E-state index in [2.05, 4.69) is 5.32 Å². The lowest BCUT2D eigenvalue weighted by Gasteiger charge is -2.15. The molecule has 1 amide bonds. The van der Waals surface area contributed by atoms with Crippen molar-refractivity contribution in [3.05, 3.63) is 0 Å². The van der Waals surface area contributed by atoms with E-state index in [1.54, 1.807) is 0 Å². The van der Waals surface area contributed by atoms with Crippen LogP contribution in [0.2, 0.25) is 0 Å². The van der Waals surface area contributed by atoms with Crippen LogP contribution >= 0.6 is 0 Å². The van der Waals surface area contributed by atoms with Gasteiger partial charge in [0.05, 0.1) is 0 Å². The molecule has 2 N–H and O–H groups in total. The number of hydrogen-bond donors (Lipinski definition) is 2. The molecule has 1 unspecified atom stereocenters. The van der Waals surface area contributed by atoms with Crippen molar-refractivity contribution in [2.24, 2.45) is 5.92 Å². The largest absolute Gasteiger partial charge is 0.480 e. The van der Waals surface area contributed by atoms with Crippen LogP contribution in [0.4, 0.5) is 0 Å². The van der Waals surface area contributed by atoms with E-state index in [0.717, 1.165) is 6.42 Å². The molecular weight excluding hydrogens is 194 g/mol. The number of carbonyl (C=O) groups excluding carboxylic acids is 1. The topological polar surface area (TPSA) is 66.4 Å². The standard InChI is InChI=1S/C11H19NO3/c1-8(13)12-10(11(14)15)7-6-9-4-2-3-5-9/h9-10H,2-7H2,1H3,(H,12,13)(H,14,15). The van der Waals surface area contributed by atoms with Crippen LogP contribution in [-0.2, 0) is 9.59 Å². The van der Waals surface area contributed by atoms with Crippen LogP contribution in [0, 0.1) is 5.92 Å². The van der Waals surface area contributed by atoms with Crippen LogP contribution in [0.3, 0.4) is 0 Å². The quantitative estimate of drug-likeness (QED) is 0.728. The molecule has 1 aliphatic rings. The maximum atomic E-state index is 10.8. The fourth-order valence-electron chi connectivity index (χ4n) is 2.20. The van der Waals surface area contributed by atoms with E-state index >= 15 is 0 Å². The van der Waals surface area contributed by atoms with Crippen LogP contribution in [0.25, 0.3) is 0 Å². The molecule has 0 heterocycles. The van der Waals surface area contributed by atoms with Crippen molar-refractivity contribution >= 4 is 11.9 Å². The Morgan fingerprint density at radius 2 is 2.00 bits per heavy atom. The average Bonchev–Trinajstić information content (AvgIpc) is 2.63. The first kappa shape index (κ1) is 12.0. The van der Waals surface area contributed by atoms with Gasteiger partial charge in [0.15, 0.2) is 0 Å². The Bertz CT molecular complexity index is 234. The SMILES string of the molecule is CC(=O)NC(CCC1CCCC1)C(=O)O. The first-order chi connectivity index (χ1) is 7.09. The van der Waals surface area contributed by atoms with Gasteiger partial charge >= 0.3 is 5.97 Å². The molecule has 86 valence electrons. The van der Waals surface area contributed by atoms with Crippen molar-refractivity contribution in [1.82, 2.24) is 5.32 Å². The minimum atomic E-state index is -0.928. The molecule has 1 rings (SSSR count). The van der Waals surface area contributed by atoms with E-state index in [9.17, 15) is 9.59 Å². The minimum absolute atomic E-state index is 0.270. The molecule has 1 aliphatic carbocycles. The molecule has 1 fully saturated rings. The lowest BCUT2D eigenvalue weighted by Crippen LogP contribution is -2.39. The third-order valence-electron chi connectivity index (χ3n) is 3.01. The zero-order valence-electron chi connectivity index (χ0n) is 9.16. The average molecular weight is 213 g/mol. The summed E-state index contributed by atoms with van der Waals surface area (Å²) in [6.45, 7) is 1.35. The Labute approximate surface area is 90.0 Å². The van der Waals surface area contributed by atoms with Crippen molar-refractivity contribution in [3.63, 3.8) is 0 Å². The molecule has 4 heteroatoms. The summed E-state index contributed by atoms with van der Waals surface area (Å²) in [5, 5.41) is 11.3. The number of carbonyl (C=O) groups is 2. The molecule has 0 aliphatic heterocycles. The highest BCUT2D eigenvalue weighted by Crippen LogP contribution is 2.28. The fraction of sp³-hybridized carbons (Fsp3) is 0.818. The van der Waals surface area contributed by atoms with E-state index in [1.807, 2.05) is 0 Å². The van der Waals surface area contributed by atoms with Gasteiger partial charge in [-0.25, -0.2) is 4.79 Å². The zero-order valence-corrected chi connectivity index (χ0v) is 9.16. The summed E-state index contributed by atoms with van der Waals surface area (Å²) in [4.78, 5) is 21.6. The van der Waals surface area contributed by atoms with E-state index < -0.39 is 12.0 Å². The van der Waals surface area contributed by atoms with Gasteiger partial charge in [0, 0.05) is 6.92 Å². The Balaban J connectivity index is 2.30. The van der Waals surface area contributed by atoms with Gasteiger partial charge in [-0.1, -0.05) is 25.7 Å². The summed E-state index contributed by atoms with van der Waals surface area (Å²) in [5.41, 5.74) is 0. The van der Waals surface area contributed by atoms with Gasteiger partial charge in [-0.15, -0.1) is 0 Å². The van der Waals surface area contributed by atoms with Crippen molar-refractivity contribution in [2.45, 2.75) is 51.5 Å². The highest BCUT2D eigenvalue weighted by Gasteiger charge is 2.21. The molecular formula is C11H19NO3. The van der Waals surface area contributed by atoms with Crippen LogP contribution in [0.15, 0.2) is 0 Å². The number of rotatable bonds is 5.